The molecular formula is C27H24O4. The summed E-state index contributed by atoms with van der Waals surface area (Å²) >= 11 is 0. The Hall–Kier alpha value is -3.92. The Kier molecular flexibility index (Phi) is 5.80. The van der Waals surface area contributed by atoms with Crippen LogP contribution in [0.25, 0.3) is 0 Å². The number of hydrogen-bond acceptors (Lipinski definition) is 4. The summed E-state index contributed by atoms with van der Waals surface area (Å²) < 4.78 is 0. The smallest absolute Gasteiger partial charge is 0.119 e. The Bertz CT molecular complexity index is 1120. The molecule has 31 heavy (non-hydrogen) atoms. The molecule has 4 aromatic carbocycles. The molecule has 0 bridgehead atoms. The van der Waals surface area contributed by atoms with Crippen LogP contribution in [-0.4, -0.2) is 20.4 Å². The van der Waals surface area contributed by atoms with Crippen LogP contribution in [0.2, 0.25) is 0 Å². The molecule has 0 aliphatic rings. The fourth-order valence-electron chi connectivity index (χ4n) is 3.75. The van der Waals surface area contributed by atoms with Gasteiger partial charge in [-0.25, -0.2) is 0 Å². The van der Waals surface area contributed by atoms with Gasteiger partial charge in [-0.3, -0.25) is 0 Å². The summed E-state index contributed by atoms with van der Waals surface area (Å²) in [5, 5.41) is 40.8. The lowest BCUT2D eigenvalue weighted by molar-refractivity contribution is 0.462. The Morgan fingerprint density at radius 3 is 1.19 bits per heavy atom. The quantitative estimate of drug-likeness (QED) is 0.347. The van der Waals surface area contributed by atoms with Gasteiger partial charge < -0.3 is 20.4 Å². The van der Waals surface area contributed by atoms with Crippen LogP contribution in [0.15, 0.2) is 84.9 Å². The molecule has 4 heteroatoms. The third kappa shape index (κ3) is 4.81. The average Bonchev–Trinajstić information content (AvgIpc) is 2.76. The predicted molar refractivity (Wildman–Crippen MR) is 121 cm³/mol. The van der Waals surface area contributed by atoms with Gasteiger partial charge in [-0.15, -0.1) is 0 Å². The summed E-state index contributed by atoms with van der Waals surface area (Å²) in [5.41, 5.74) is 4.93. The van der Waals surface area contributed by atoms with Crippen molar-refractivity contribution in [3.05, 3.63) is 118 Å². The molecule has 0 aliphatic heterocycles. The van der Waals surface area contributed by atoms with Crippen LogP contribution in [0.1, 0.15) is 33.4 Å². The Morgan fingerprint density at radius 2 is 0.774 bits per heavy atom. The van der Waals surface area contributed by atoms with E-state index in [1.54, 1.807) is 36.4 Å². The molecule has 0 heterocycles. The van der Waals surface area contributed by atoms with E-state index in [0.717, 1.165) is 22.3 Å². The molecule has 4 aromatic rings. The van der Waals surface area contributed by atoms with Gasteiger partial charge in [0.2, 0.25) is 0 Å². The van der Waals surface area contributed by atoms with E-state index in [-0.39, 0.29) is 23.0 Å². The number of hydrogen-bond donors (Lipinski definition) is 4. The minimum absolute atomic E-state index is 0.159. The first kappa shape index (κ1) is 20.4. The summed E-state index contributed by atoms with van der Waals surface area (Å²) in [5.74, 6) is 0.802. The molecule has 0 unspecified atom stereocenters. The number of rotatable bonds is 6. The van der Waals surface area contributed by atoms with Gasteiger partial charge in [0.15, 0.2) is 0 Å². The lowest BCUT2D eigenvalue weighted by atomic mass is 9.95. The molecule has 0 aromatic heterocycles. The minimum Gasteiger partial charge on any atom is -0.508 e. The second-order valence-corrected chi connectivity index (χ2v) is 7.71. The molecule has 4 nitrogen and oxygen atoms in total. The molecular weight excluding hydrogens is 388 g/mol. The third-order valence-electron chi connectivity index (χ3n) is 5.44. The van der Waals surface area contributed by atoms with E-state index in [2.05, 4.69) is 0 Å². The van der Waals surface area contributed by atoms with E-state index < -0.39 is 0 Å². The largest absolute Gasteiger partial charge is 0.508 e. The average molecular weight is 412 g/mol. The summed E-state index contributed by atoms with van der Waals surface area (Å²) in [6.45, 7) is 0. The van der Waals surface area contributed by atoms with Gasteiger partial charge in [-0.2, -0.15) is 0 Å². The van der Waals surface area contributed by atoms with Gasteiger partial charge >= 0.3 is 0 Å². The molecule has 0 spiro atoms. The zero-order valence-electron chi connectivity index (χ0n) is 17.0. The molecule has 0 radical (unpaired) electrons. The standard InChI is InChI=1S/C27H24O4/c28-24-7-3-1-5-20(24)13-18-9-11-26(30)22(15-18)17-23-16-19(10-12-27(23)31)14-21-6-2-4-8-25(21)29/h1-12,15-16,28-31H,13-14,17H2. The number of phenols is 4. The van der Waals surface area contributed by atoms with Crippen LogP contribution in [0, 0.1) is 0 Å². The topological polar surface area (TPSA) is 80.9 Å². The van der Waals surface area contributed by atoms with Crippen LogP contribution in [0.3, 0.4) is 0 Å². The number of benzene rings is 4. The van der Waals surface area contributed by atoms with Gasteiger partial charge in [0.25, 0.3) is 0 Å². The van der Waals surface area contributed by atoms with Gasteiger partial charge in [-0.1, -0.05) is 60.7 Å². The summed E-state index contributed by atoms with van der Waals surface area (Å²) in [4.78, 5) is 0. The first-order valence-corrected chi connectivity index (χ1v) is 10.1. The van der Waals surface area contributed by atoms with E-state index >= 15 is 0 Å². The molecule has 0 fully saturated rings. The summed E-state index contributed by atoms with van der Waals surface area (Å²) in [6, 6.07) is 25.1. The molecule has 0 atom stereocenters. The molecule has 4 rings (SSSR count). The Labute approximate surface area is 181 Å². The third-order valence-corrected chi connectivity index (χ3v) is 5.44. The maximum absolute atomic E-state index is 10.4. The Morgan fingerprint density at radius 1 is 0.387 bits per heavy atom. The van der Waals surface area contributed by atoms with Crippen LogP contribution < -0.4 is 0 Å². The van der Waals surface area contributed by atoms with Crippen molar-refractivity contribution in [1.29, 1.82) is 0 Å². The highest BCUT2D eigenvalue weighted by atomic mass is 16.3. The number of aromatic hydroxyl groups is 4. The second-order valence-electron chi connectivity index (χ2n) is 7.71. The maximum atomic E-state index is 10.4. The van der Waals surface area contributed by atoms with Gasteiger partial charge in [0.05, 0.1) is 0 Å². The number of para-hydroxylation sites is 2. The van der Waals surface area contributed by atoms with Crippen molar-refractivity contribution in [2.75, 3.05) is 0 Å². The summed E-state index contributed by atoms with van der Waals surface area (Å²) in [6.07, 6.45) is 1.44. The molecule has 0 amide bonds. The highest BCUT2D eigenvalue weighted by Crippen LogP contribution is 2.30. The monoisotopic (exact) mass is 412 g/mol. The van der Waals surface area contributed by atoms with Gasteiger partial charge in [0, 0.05) is 19.3 Å². The van der Waals surface area contributed by atoms with Crippen LogP contribution in [0.4, 0.5) is 0 Å². The summed E-state index contributed by atoms with van der Waals surface area (Å²) in [7, 11) is 0. The lowest BCUT2D eigenvalue weighted by Crippen LogP contribution is -1.96. The maximum Gasteiger partial charge on any atom is 0.119 e. The SMILES string of the molecule is Oc1ccccc1Cc1ccc(O)c(Cc2cc(Cc3ccccc3O)ccc2O)c1. The highest BCUT2D eigenvalue weighted by molar-refractivity contribution is 5.47. The lowest BCUT2D eigenvalue weighted by Gasteiger charge is -2.12. The van der Waals surface area contributed by atoms with Gasteiger partial charge in [0.1, 0.15) is 23.0 Å². The van der Waals surface area contributed by atoms with Crippen molar-refractivity contribution < 1.29 is 20.4 Å². The van der Waals surface area contributed by atoms with E-state index in [4.69, 9.17) is 0 Å². The first-order valence-electron chi connectivity index (χ1n) is 10.1. The van der Waals surface area contributed by atoms with Crippen molar-refractivity contribution in [2.24, 2.45) is 0 Å². The van der Waals surface area contributed by atoms with Crippen molar-refractivity contribution in [1.82, 2.24) is 0 Å². The normalized spacial score (nSPS) is 10.8. The van der Waals surface area contributed by atoms with Crippen molar-refractivity contribution >= 4 is 0 Å². The molecule has 0 saturated carbocycles. The van der Waals surface area contributed by atoms with E-state index in [0.29, 0.717) is 30.4 Å². The van der Waals surface area contributed by atoms with Gasteiger partial charge in [-0.05, 0) is 57.6 Å². The molecule has 4 N–H and O–H groups in total. The first-order chi connectivity index (χ1) is 15.0. The van der Waals surface area contributed by atoms with E-state index in [1.165, 1.54) is 0 Å². The molecule has 0 aliphatic carbocycles. The van der Waals surface area contributed by atoms with Crippen molar-refractivity contribution in [2.45, 2.75) is 19.3 Å². The van der Waals surface area contributed by atoms with Crippen LogP contribution in [0.5, 0.6) is 23.0 Å². The van der Waals surface area contributed by atoms with E-state index in [9.17, 15) is 20.4 Å². The number of phenolic OH excluding ortho intramolecular Hbond substituents is 4. The van der Waals surface area contributed by atoms with Crippen molar-refractivity contribution in [3.8, 4) is 23.0 Å². The van der Waals surface area contributed by atoms with Crippen LogP contribution >= 0.6 is 0 Å². The molecule has 156 valence electrons. The van der Waals surface area contributed by atoms with E-state index in [1.807, 2.05) is 48.5 Å². The fourth-order valence-corrected chi connectivity index (χ4v) is 3.75. The zero-order chi connectivity index (χ0) is 21.8. The van der Waals surface area contributed by atoms with Crippen LogP contribution in [-0.2, 0) is 19.3 Å². The second kappa shape index (κ2) is 8.84. The zero-order valence-corrected chi connectivity index (χ0v) is 17.0. The predicted octanol–water partition coefficient (Wildman–Crippen LogP) is 5.28. The van der Waals surface area contributed by atoms with Crippen molar-refractivity contribution in [3.63, 3.8) is 0 Å². The highest BCUT2D eigenvalue weighted by Gasteiger charge is 2.11. The fraction of sp³-hybridized carbons (Fsp3) is 0.111. The Balaban J connectivity index is 1.58. The minimum atomic E-state index is 0.159. The molecule has 0 saturated heterocycles.